The van der Waals surface area contributed by atoms with Crippen molar-refractivity contribution in [2.75, 3.05) is 0 Å². The first-order chi connectivity index (χ1) is 8.19. The number of carbonyl (C=O) groups is 1. The van der Waals surface area contributed by atoms with Gasteiger partial charge in [-0.3, -0.25) is 10.2 Å². The van der Waals surface area contributed by atoms with E-state index in [0.29, 0.717) is 6.42 Å². The molecule has 0 aliphatic heterocycles. The van der Waals surface area contributed by atoms with Gasteiger partial charge in [-0.1, -0.05) is 6.07 Å². The molecule has 1 heterocycles. The fourth-order valence-electron chi connectivity index (χ4n) is 1.87. The number of aromatic nitrogens is 2. The van der Waals surface area contributed by atoms with Gasteiger partial charge in [0.15, 0.2) is 0 Å². The van der Waals surface area contributed by atoms with E-state index in [-0.39, 0.29) is 5.91 Å². The molecule has 0 radical (unpaired) electrons. The Morgan fingerprint density at radius 1 is 1.53 bits per heavy atom. The predicted octanol–water partition coefficient (Wildman–Crippen LogP) is 1.18. The largest absolute Gasteiger partial charge is 0.342 e. The van der Waals surface area contributed by atoms with Crippen molar-refractivity contribution >= 4 is 16.9 Å². The Morgan fingerprint density at radius 3 is 3.12 bits per heavy atom. The zero-order chi connectivity index (χ0) is 12.3. The van der Waals surface area contributed by atoms with Crippen molar-refractivity contribution in [3.8, 4) is 0 Å². The summed E-state index contributed by atoms with van der Waals surface area (Å²) in [5.74, 6) is 5.81. The number of carbonyl (C=O) groups excluding carboxylic acids is 1. The number of H-pyrrole nitrogens is 1. The Labute approximate surface area is 99.4 Å². The third kappa shape index (κ3) is 2.82. The number of imidazole rings is 1. The molecular formula is C12H16N4O. The summed E-state index contributed by atoms with van der Waals surface area (Å²) < 4.78 is 0. The molecule has 1 aromatic heterocycles. The first-order valence-corrected chi connectivity index (χ1v) is 5.64. The van der Waals surface area contributed by atoms with E-state index >= 15 is 0 Å². The van der Waals surface area contributed by atoms with Gasteiger partial charge in [0, 0.05) is 6.42 Å². The predicted molar refractivity (Wildman–Crippen MR) is 66.1 cm³/mol. The zero-order valence-corrected chi connectivity index (χ0v) is 9.79. The summed E-state index contributed by atoms with van der Waals surface area (Å²) in [6.45, 7) is 1.94. The van der Waals surface area contributed by atoms with Crippen LogP contribution in [-0.2, 0) is 11.2 Å². The van der Waals surface area contributed by atoms with E-state index in [1.807, 2.05) is 19.1 Å². The van der Waals surface area contributed by atoms with E-state index in [4.69, 9.17) is 5.84 Å². The van der Waals surface area contributed by atoms with Gasteiger partial charge in [0.2, 0.25) is 5.91 Å². The number of hydrazine groups is 1. The molecule has 1 aromatic carbocycles. The maximum absolute atomic E-state index is 11.0. The van der Waals surface area contributed by atoms with Crippen molar-refractivity contribution in [2.45, 2.75) is 26.2 Å². The molecule has 0 aliphatic carbocycles. The van der Waals surface area contributed by atoms with Crippen LogP contribution in [0.25, 0.3) is 11.0 Å². The number of rotatable bonds is 4. The normalized spacial score (nSPS) is 10.7. The number of fused-ring (bicyclic) bond motifs is 1. The van der Waals surface area contributed by atoms with Gasteiger partial charge in [-0.15, -0.1) is 0 Å². The molecule has 0 aliphatic rings. The highest BCUT2D eigenvalue weighted by Gasteiger charge is 2.02. The molecule has 0 saturated heterocycles. The first kappa shape index (κ1) is 11.6. The Morgan fingerprint density at radius 2 is 2.35 bits per heavy atom. The minimum absolute atomic E-state index is 0.122. The molecule has 0 saturated carbocycles. The minimum Gasteiger partial charge on any atom is -0.342 e. The Hall–Kier alpha value is -1.88. The molecule has 0 unspecified atom stereocenters. The highest BCUT2D eigenvalue weighted by Crippen LogP contribution is 2.15. The van der Waals surface area contributed by atoms with Gasteiger partial charge in [0.25, 0.3) is 0 Å². The van der Waals surface area contributed by atoms with E-state index in [0.717, 1.165) is 29.7 Å². The highest BCUT2D eigenvalue weighted by molar-refractivity contribution is 5.76. The summed E-state index contributed by atoms with van der Waals surface area (Å²) in [5, 5.41) is 0. The average Bonchev–Trinajstić information content (AvgIpc) is 2.68. The quantitative estimate of drug-likeness (QED) is 0.420. The number of aromatic amines is 1. The molecule has 4 N–H and O–H groups in total. The molecule has 0 fully saturated rings. The summed E-state index contributed by atoms with van der Waals surface area (Å²) in [4.78, 5) is 18.5. The number of aryl methyl sites for hydroxylation is 2. The Bertz CT molecular complexity index is 532. The first-order valence-electron chi connectivity index (χ1n) is 5.64. The number of hydrogen-bond acceptors (Lipinski definition) is 3. The molecule has 5 nitrogen and oxygen atoms in total. The topological polar surface area (TPSA) is 83.8 Å². The highest BCUT2D eigenvalue weighted by atomic mass is 16.2. The molecule has 5 heteroatoms. The van der Waals surface area contributed by atoms with Gasteiger partial charge in [-0.05, 0) is 37.5 Å². The maximum atomic E-state index is 11.0. The van der Waals surface area contributed by atoms with Crippen molar-refractivity contribution in [1.29, 1.82) is 0 Å². The summed E-state index contributed by atoms with van der Waals surface area (Å²) in [7, 11) is 0. The second-order valence-corrected chi connectivity index (χ2v) is 4.09. The van der Waals surface area contributed by atoms with Gasteiger partial charge in [0.1, 0.15) is 5.82 Å². The van der Waals surface area contributed by atoms with E-state index < -0.39 is 0 Å². The Kier molecular flexibility index (Phi) is 3.39. The van der Waals surface area contributed by atoms with Crippen molar-refractivity contribution in [1.82, 2.24) is 15.4 Å². The number of nitrogens with one attached hydrogen (secondary N) is 2. The fraction of sp³-hybridized carbons (Fsp3) is 0.333. The van der Waals surface area contributed by atoms with E-state index in [1.165, 1.54) is 5.56 Å². The lowest BCUT2D eigenvalue weighted by molar-refractivity contribution is -0.121. The lowest BCUT2D eigenvalue weighted by Crippen LogP contribution is -2.29. The monoisotopic (exact) mass is 232 g/mol. The van der Waals surface area contributed by atoms with Crippen LogP contribution in [0.2, 0.25) is 0 Å². The average molecular weight is 232 g/mol. The van der Waals surface area contributed by atoms with Crippen LogP contribution in [0.4, 0.5) is 0 Å². The van der Waals surface area contributed by atoms with Crippen LogP contribution < -0.4 is 11.3 Å². The second-order valence-electron chi connectivity index (χ2n) is 4.09. The summed E-state index contributed by atoms with van der Waals surface area (Å²) in [6.07, 6.45) is 2.11. The Balaban J connectivity index is 2.01. The number of nitrogens with two attached hydrogens (primary N) is 1. The van der Waals surface area contributed by atoms with Crippen LogP contribution in [0, 0.1) is 6.92 Å². The molecule has 2 rings (SSSR count). The lowest BCUT2D eigenvalue weighted by Gasteiger charge is -2.01. The number of amides is 1. The standard InChI is InChI=1S/C12H16N4O/c1-8-14-10-6-5-9(7-11(10)15-8)3-2-4-12(17)16-13/h5-7H,2-4,13H2,1H3,(H,14,15)(H,16,17). The number of benzene rings is 1. The zero-order valence-electron chi connectivity index (χ0n) is 9.79. The van der Waals surface area contributed by atoms with Crippen LogP contribution >= 0.6 is 0 Å². The van der Waals surface area contributed by atoms with Crippen LogP contribution in [0.1, 0.15) is 24.2 Å². The summed E-state index contributed by atoms with van der Waals surface area (Å²) in [6, 6.07) is 6.12. The molecule has 17 heavy (non-hydrogen) atoms. The maximum Gasteiger partial charge on any atom is 0.233 e. The molecule has 0 spiro atoms. The molecule has 0 bridgehead atoms. The molecular weight excluding hydrogens is 216 g/mol. The lowest BCUT2D eigenvalue weighted by atomic mass is 10.1. The van der Waals surface area contributed by atoms with Gasteiger partial charge in [-0.25, -0.2) is 10.8 Å². The van der Waals surface area contributed by atoms with Crippen molar-refractivity contribution in [3.05, 3.63) is 29.6 Å². The van der Waals surface area contributed by atoms with Gasteiger partial charge < -0.3 is 4.98 Å². The van der Waals surface area contributed by atoms with Crippen LogP contribution in [0.3, 0.4) is 0 Å². The third-order valence-electron chi connectivity index (χ3n) is 2.69. The summed E-state index contributed by atoms with van der Waals surface area (Å²) >= 11 is 0. The molecule has 1 amide bonds. The van der Waals surface area contributed by atoms with Crippen molar-refractivity contribution in [2.24, 2.45) is 5.84 Å². The van der Waals surface area contributed by atoms with Gasteiger partial charge in [0.05, 0.1) is 11.0 Å². The van der Waals surface area contributed by atoms with Crippen LogP contribution in [0.15, 0.2) is 18.2 Å². The number of nitrogens with zero attached hydrogens (tertiary/aromatic N) is 1. The van der Waals surface area contributed by atoms with Gasteiger partial charge >= 0.3 is 0 Å². The third-order valence-corrected chi connectivity index (χ3v) is 2.69. The number of hydrogen-bond donors (Lipinski definition) is 3. The van der Waals surface area contributed by atoms with E-state index in [9.17, 15) is 4.79 Å². The van der Waals surface area contributed by atoms with Crippen molar-refractivity contribution < 1.29 is 4.79 Å². The SMILES string of the molecule is Cc1nc2ccc(CCCC(=O)NN)cc2[nH]1. The smallest absolute Gasteiger partial charge is 0.233 e. The summed E-state index contributed by atoms with van der Waals surface area (Å²) in [5.41, 5.74) is 5.35. The van der Waals surface area contributed by atoms with E-state index in [2.05, 4.69) is 21.5 Å². The van der Waals surface area contributed by atoms with Crippen molar-refractivity contribution in [3.63, 3.8) is 0 Å². The second kappa shape index (κ2) is 4.97. The van der Waals surface area contributed by atoms with E-state index in [1.54, 1.807) is 0 Å². The molecule has 90 valence electrons. The van der Waals surface area contributed by atoms with Gasteiger partial charge in [-0.2, -0.15) is 0 Å². The fourth-order valence-corrected chi connectivity index (χ4v) is 1.87. The molecule has 2 aromatic rings. The minimum atomic E-state index is -0.122. The molecule has 0 atom stereocenters. The van der Waals surface area contributed by atoms with Crippen LogP contribution in [-0.4, -0.2) is 15.9 Å². The van der Waals surface area contributed by atoms with Crippen LogP contribution in [0.5, 0.6) is 0 Å².